The van der Waals surface area contributed by atoms with E-state index in [1.165, 1.54) is 4.90 Å². The summed E-state index contributed by atoms with van der Waals surface area (Å²) >= 11 is 0. The monoisotopic (exact) mass is 244 g/mol. The molecule has 1 aromatic rings. The topological polar surface area (TPSA) is 63.4 Å². The van der Waals surface area contributed by atoms with Crippen LogP contribution in [0.15, 0.2) is 24.3 Å². The van der Waals surface area contributed by atoms with Gasteiger partial charge in [-0.1, -0.05) is 12.1 Å². The molecule has 2 bridgehead atoms. The Morgan fingerprint density at radius 2 is 1.83 bits per heavy atom. The average molecular weight is 244 g/mol. The number of nitrogens with zero attached hydrogens (tertiary/aromatic N) is 1. The van der Waals surface area contributed by atoms with Crippen LogP contribution in [0.4, 0.5) is 5.69 Å². The van der Waals surface area contributed by atoms with E-state index in [1.807, 2.05) is 18.2 Å². The van der Waals surface area contributed by atoms with Crippen molar-refractivity contribution in [2.75, 3.05) is 4.90 Å². The highest BCUT2D eigenvalue weighted by molar-refractivity contribution is 6.18. The second-order valence-corrected chi connectivity index (χ2v) is 5.09. The highest BCUT2D eigenvalue weighted by Gasteiger charge is 2.45. The fourth-order valence-electron chi connectivity index (χ4n) is 2.98. The van der Waals surface area contributed by atoms with Crippen molar-refractivity contribution in [3.63, 3.8) is 0 Å². The molecule has 1 saturated carbocycles. The van der Waals surface area contributed by atoms with Crippen LogP contribution in [-0.4, -0.2) is 11.8 Å². The molecule has 1 aliphatic carbocycles. The van der Waals surface area contributed by atoms with Crippen LogP contribution in [0.2, 0.25) is 0 Å². The first-order chi connectivity index (χ1) is 8.70. The van der Waals surface area contributed by atoms with Gasteiger partial charge in [0.15, 0.2) is 0 Å². The smallest absolute Gasteiger partial charge is 0.236 e. The zero-order valence-electron chi connectivity index (χ0n) is 10.1. The second kappa shape index (κ2) is 4.21. The first-order valence-corrected chi connectivity index (χ1v) is 6.37. The van der Waals surface area contributed by atoms with E-state index >= 15 is 0 Å². The minimum Gasteiger partial charge on any atom is -0.326 e. The molecule has 2 aliphatic rings. The van der Waals surface area contributed by atoms with Crippen molar-refractivity contribution < 1.29 is 9.59 Å². The maximum atomic E-state index is 12.3. The summed E-state index contributed by atoms with van der Waals surface area (Å²) in [6.45, 7) is 0.414. The lowest BCUT2D eigenvalue weighted by Crippen LogP contribution is -2.46. The molecule has 1 aliphatic heterocycles. The van der Waals surface area contributed by atoms with E-state index in [4.69, 9.17) is 5.73 Å². The summed E-state index contributed by atoms with van der Waals surface area (Å²) in [6, 6.07) is 7.38. The van der Waals surface area contributed by atoms with Crippen LogP contribution in [0, 0.1) is 11.8 Å². The van der Waals surface area contributed by atoms with Crippen LogP contribution in [0.1, 0.15) is 24.8 Å². The van der Waals surface area contributed by atoms with Crippen LogP contribution in [0.5, 0.6) is 0 Å². The molecule has 4 heteroatoms. The van der Waals surface area contributed by atoms with Crippen LogP contribution in [-0.2, 0) is 16.1 Å². The zero-order chi connectivity index (χ0) is 12.7. The number of carbonyl (C=O) groups is 2. The SMILES string of the molecule is NCc1cccc(N2C(=O)C3CCC(C3)C2=O)c1. The van der Waals surface area contributed by atoms with Crippen molar-refractivity contribution in [1.29, 1.82) is 0 Å². The first-order valence-electron chi connectivity index (χ1n) is 6.37. The summed E-state index contributed by atoms with van der Waals surface area (Å²) in [6.07, 6.45) is 2.44. The standard InChI is InChI=1S/C14H16N2O2/c15-8-9-2-1-3-12(6-9)16-13(17)10-4-5-11(7-10)14(16)18/h1-3,6,10-11H,4-5,7-8,15H2. The average Bonchev–Trinajstić information content (AvgIpc) is 2.84. The van der Waals surface area contributed by atoms with E-state index in [0.717, 1.165) is 24.8 Å². The Kier molecular flexibility index (Phi) is 2.67. The van der Waals surface area contributed by atoms with Crippen molar-refractivity contribution >= 4 is 17.5 Å². The quantitative estimate of drug-likeness (QED) is 0.800. The minimum atomic E-state index is -0.0390. The van der Waals surface area contributed by atoms with Gasteiger partial charge in [0, 0.05) is 18.4 Å². The molecule has 94 valence electrons. The Morgan fingerprint density at radius 3 is 2.44 bits per heavy atom. The van der Waals surface area contributed by atoms with Crippen molar-refractivity contribution in [3.8, 4) is 0 Å². The van der Waals surface area contributed by atoms with Gasteiger partial charge in [0.2, 0.25) is 11.8 Å². The summed E-state index contributed by atoms with van der Waals surface area (Å²) < 4.78 is 0. The normalized spacial score (nSPS) is 26.8. The van der Waals surface area contributed by atoms with E-state index < -0.39 is 0 Å². The molecule has 1 saturated heterocycles. The maximum Gasteiger partial charge on any atom is 0.236 e. The Morgan fingerprint density at radius 1 is 1.17 bits per heavy atom. The van der Waals surface area contributed by atoms with E-state index in [9.17, 15) is 9.59 Å². The molecule has 2 fully saturated rings. The number of hydrogen-bond acceptors (Lipinski definition) is 3. The molecule has 2 unspecified atom stereocenters. The van der Waals surface area contributed by atoms with Gasteiger partial charge in [-0.15, -0.1) is 0 Å². The Bertz CT molecular complexity index is 490. The van der Waals surface area contributed by atoms with E-state index in [2.05, 4.69) is 0 Å². The Hall–Kier alpha value is -1.68. The number of piperidine rings is 1. The Balaban J connectivity index is 1.99. The van der Waals surface area contributed by atoms with E-state index in [-0.39, 0.29) is 23.7 Å². The fourth-order valence-corrected chi connectivity index (χ4v) is 2.98. The number of carbonyl (C=O) groups excluding carboxylic acids is 2. The van der Waals surface area contributed by atoms with Crippen LogP contribution >= 0.6 is 0 Å². The summed E-state index contributed by atoms with van der Waals surface area (Å²) in [5, 5.41) is 0. The lowest BCUT2D eigenvalue weighted by molar-refractivity contribution is -0.132. The Labute approximate surface area is 106 Å². The number of benzene rings is 1. The number of fused-ring (bicyclic) bond motifs is 2. The van der Waals surface area contributed by atoms with Gasteiger partial charge in [0.1, 0.15) is 0 Å². The molecule has 0 spiro atoms. The molecule has 4 nitrogen and oxygen atoms in total. The number of amides is 2. The predicted octanol–water partition coefficient (Wildman–Crippen LogP) is 1.43. The van der Waals surface area contributed by atoms with E-state index in [1.54, 1.807) is 6.07 Å². The summed E-state index contributed by atoms with van der Waals surface area (Å²) in [5.74, 6) is -0.00527. The summed E-state index contributed by atoms with van der Waals surface area (Å²) in [5.41, 5.74) is 7.20. The van der Waals surface area contributed by atoms with Crippen molar-refractivity contribution in [1.82, 2.24) is 0 Å². The molecule has 18 heavy (non-hydrogen) atoms. The number of hydrogen-bond donors (Lipinski definition) is 1. The van der Waals surface area contributed by atoms with Crippen molar-refractivity contribution in [2.24, 2.45) is 17.6 Å². The number of nitrogens with two attached hydrogens (primary N) is 1. The van der Waals surface area contributed by atoms with E-state index in [0.29, 0.717) is 12.2 Å². The third-order valence-electron chi connectivity index (χ3n) is 3.98. The first kappa shape index (κ1) is 11.4. The lowest BCUT2D eigenvalue weighted by atomic mass is 9.96. The fraction of sp³-hybridized carbons (Fsp3) is 0.429. The summed E-state index contributed by atoms with van der Waals surface area (Å²) in [4.78, 5) is 25.9. The van der Waals surface area contributed by atoms with Gasteiger partial charge in [-0.25, -0.2) is 0 Å². The molecule has 2 amide bonds. The molecular weight excluding hydrogens is 228 g/mol. The molecule has 0 aromatic heterocycles. The van der Waals surface area contributed by atoms with Gasteiger partial charge >= 0.3 is 0 Å². The van der Waals surface area contributed by atoms with Gasteiger partial charge in [0.05, 0.1) is 5.69 Å². The largest absolute Gasteiger partial charge is 0.326 e. The molecule has 0 radical (unpaired) electrons. The summed E-state index contributed by atoms with van der Waals surface area (Å²) in [7, 11) is 0. The number of anilines is 1. The van der Waals surface area contributed by atoms with Crippen LogP contribution < -0.4 is 10.6 Å². The minimum absolute atomic E-state index is 0.0363. The maximum absolute atomic E-state index is 12.3. The van der Waals surface area contributed by atoms with Crippen molar-refractivity contribution in [3.05, 3.63) is 29.8 Å². The number of rotatable bonds is 2. The van der Waals surface area contributed by atoms with Gasteiger partial charge in [0.25, 0.3) is 0 Å². The molecular formula is C14H16N2O2. The molecule has 1 aromatic carbocycles. The second-order valence-electron chi connectivity index (χ2n) is 5.09. The van der Waals surface area contributed by atoms with Gasteiger partial charge in [-0.2, -0.15) is 0 Å². The molecule has 3 rings (SSSR count). The van der Waals surface area contributed by atoms with Crippen LogP contribution in [0.3, 0.4) is 0 Å². The highest BCUT2D eigenvalue weighted by atomic mass is 16.2. The third kappa shape index (κ3) is 1.64. The third-order valence-corrected chi connectivity index (χ3v) is 3.98. The molecule has 2 N–H and O–H groups in total. The van der Waals surface area contributed by atoms with Gasteiger partial charge in [-0.3, -0.25) is 14.5 Å². The number of imide groups is 1. The van der Waals surface area contributed by atoms with Crippen LogP contribution in [0.25, 0.3) is 0 Å². The van der Waals surface area contributed by atoms with Gasteiger partial charge in [-0.05, 0) is 37.0 Å². The predicted molar refractivity (Wildman–Crippen MR) is 67.7 cm³/mol. The van der Waals surface area contributed by atoms with Gasteiger partial charge < -0.3 is 5.73 Å². The van der Waals surface area contributed by atoms with Crippen molar-refractivity contribution in [2.45, 2.75) is 25.8 Å². The zero-order valence-corrected chi connectivity index (χ0v) is 10.1. The lowest BCUT2D eigenvalue weighted by Gasteiger charge is -2.29. The molecule has 1 heterocycles. The molecule has 2 atom stereocenters. The highest BCUT2D eigenvalue weighted by Crippen LogP contribution is 2.39.